The normalized spacial score (nSPS) is 17.7. The maximum Gasteiger partial charge on any atom is 0.301 e. The third-order valence-corrected chi connectivity index (χ3v) is 5.10. The van der Waals surface area contributed by atoms with Gasteiger partial charge in [0.1, 0.15) is 11.6 Å². The van der Waals surface area contributed by atoms with E-state index >= 15 is 0 Å². The van der Waals surface area contributed by atoms with Gasteiger partial charge in [-0.25, -0.2) is 4.39 Å². The number of piperidine rings is 1. The topological polar surface area (TPSA) is 78.9 Å². The van der Waals surface area contributed by atoms with Gasteiger partial charge >= 0.3 is 10.2 Å². The van der Waals surface area contributed by atoms with E-state index in [1.54, 1.807) is 0 Å². The van der Waals surface area contributed by atoms with Gasteiger partial charge in [0.25, 0.3) is 0 Å². The van der Waals surface area contributed by atoms with Crippen molar-refractivity contribution in [2.75, 3.05) is 31.5 Å². The van der Waals surface area contributed by atoms with E-state index in [0.29, 0.717) is 25.9 Å². The van der Waals surface area contributed by atoms with E-state index in [4.69, 9.17) is 9.84 Å². The van der Waals surface area contributed by atoms with Crippen molar-refractivity contribution in [3.05, 3.63) is 24.0 Å². The lowest BCUT2D eigenvalue weighted by molar-refractivity contribution is 0.170. The smallest absolute Gasteiger partial charge is 0.301 e. The summed E-state index contributed by atoms with van der Waals surface area (Å²) in [5.74, 6) is -0.223. The summed E-state index contributed by atoms with van der Waals surface area (Å²) in [7, 11) is -2.37. The van der Waals surface area contributed by atoms with Gasteiger partial charge in [-0.3, -0.25) is 4.72 Å². The van der Waals surface area contributed by atoms with Crippen LogP contribution in [0.1, 0.15) is 12.8 Å². The number of hydrogen-bond acceptors (Lipinski definition) is 4. The van der Waals surface area contributed by atoms with Crippen molar-refractivity contribution in [3.63, 3.8) is 0 Å². The second-order valence-corrected chi connectivity index (χ2v) is 6.65. The highest BCUT2D eigenvalue weighted by Gasteiger charge is 2.28. The summed E-state index contributed by atoms with van der Waals surface area (Å²) in [6.45, 7) is 0.779. The summed E-state index contributed by atoms with van der Waals surface area (Å²) in [6.07, 6.45) is 1.25. The van der Waals surface area contributed by atoms with Gasteiger partial charge in [0.05, 0.1) is 12.8 Å². The molecule has 0 aliphatic carbocycles. The highest BCUT2D eigenvalue weighted by molar-refractivity contribution is 7.90. The third kappa shape index (κ3) is 3.84. The predicted molar refractivity (Wildman–Crippen MR) is 76.9 cm³/mol. The van der Waals surface area contributed by atoms with Crippen LogP contribution < -0.4 is 9.46 Å². The molecule has 1 aliphatic rings. The number of benzene rings is 1. The highest BCUT2D eigenvalue weighted by Crippen LogP contribution is 2.27. The van der Waals surface area contributed by atoms with Gasteiger partial charge in [0.2, 0.25) is 0 Å². The van der Waals surface area contributed by atoms with Crippen molar-refractivity contribution >= 4 is 15.9 Å². The molecule has 0 saturated carbocycles. The average molecular weight is 318 g/mol. The molecule has 0 amide bonds. The lowest BCUT2D eigenvalue weighted by Gasteiger charge is -2.30. The fourth-order valence-electron chi connectivity index (χ4n) is 2.29. The maximum absolute atomic E-state index is 13.1. The van der Waals surface area contributed by atoms with E-state index in [9.17, 15) is 12.8 Å². The first-order chi connectivity index (χ1) is 9.96. The van der Waals surface area contributed by atoms with Gasteiger partial charge in [-0.2, -0.15) is 12.7 Å². The Balaban J connectivity index is 2.11. The molecule has 1 fully saturated rings. The van der Waals surface area contributed by atoms with Crippen molar-refractivity contribution in [2.45, 2.75) is 12.8 Å². The van der Waals surface area contributed by atoms with Crippen LogP contribution in [0.5, 0.6) is 5.75 Å². The molecular formula is C13H19FN2O4S. The molecule has 1 aliphatic heterocycles. The second-order valence-electron chi connectivity index (χ2n) is 4.98. The fraction of sp³-hybridized carbons (Fsp3) is 0.538. The molecule has 1 heterocycles. The Labute approximate surface area is 123 Å². The molecule has 1 saturated heterocycles. The predicted octanol–water partition coefficient (Wildman–Crippen LogP) is 1.20. The molecule has 2 N–H and O–H groups in total. The molecule has 0 atom stereocenters. The molecule has 0 spiro atoms. The zero-order chi connectivity index (χ0) is 15.5. The molecule has 118 valence electrons. The SMILES string of the molecule is COc1cc(F)ccc1NS(=O)(=O)N1CCC(CO)CC1. The molecule has 0 radical (unpaired) electrons. The van der Waals surface area contributed by atoms with Gasteiger partial charge in [0, 0.05) is 25.8 Å². The number of halogens is 1. The van der Waals surface area contributed by atoms with Gasteiger partial charge in [-0.05, 0) is 30.9 Å². The molecule has 0 bridgehead atoms. The first-order valence-corrected chi connectivity index (χ1v) is 8.12. The number of aliphatic hydroxyl groups is 1. The molecule has 21 heavy (non-hydrogen) atoms. The monoisotopic (exact) mass is 318 g/mol. The Morgan fingerprint density at radius 1 is 1.43 bits per heavy atom. The minimum Gasteiger partial charge on any atom is -0.494 e. The molecule has 6 nitrogen and oxygen atoms in total. The van der Waals surface area contributed by atoms with Gasteiger partial charge in [-0.15, -0.1) is 0 Å². The number of rotatable bonds is 5. The van der Waals surface area contributed by atoms with Crippen LogP contribution in [-0.2, 0) is 10.2 Å². The lowest BCUT2D eigenvalue weighted by Crippen LogP contribution is -2.42. The van der Waals surface area contributed by atoms with Crippen molar-refractivity contribution in [1.82, 2.24) is 4.31 Å². The summed E-state index contributed by atoms with van der Waals surface area (Å²) in [4.78, 5) is 0. The van der Waals surface area contributed by atoms with E-state index in [-0.39, 0.29) is 24.0 Å². The van der Waals surface area contributed by atoms with Crippen LogP contribution >= 0.6 is 0 Å². The fourth-order valence-corrected chi connectivity index (χ4v) is 3.55. The number of nitrogens with zero attached hydrogens (tertiary/aromatic N) is 1. The van der Waals surface area contributed by atoms with Gasteiger partial charge in [0.15, 0.2) is 0 Å². The standard InChI is InChI=1S/C13H19FN2O4S/c1-20-13-8-11(14)2-3-12(13)15-21(18,19)16-6-4-10(9-17)5-7-16/h2-3,8,10,15,17H,4-7,9H2,1H3. The first kappa shape index (κ1) is 16.0. The Kier molecular flexibility index (Phi) is 5.02. The van der Waals surface area contributed by atoms with E-state index in [1.165, 1.54) is 23.5 Å². The van der Waals surface area contributed by atoms with Crippen LogP contribution in [0.3, 0.4) is 0 Å². The molecule has 2 rings (SSSR count). The number of aliphatic hydroxyl groups excluding tert-OH is 1. The summed E-state index contributed by atoms with van der Waals surface area (Å²) in [5, 5.41) is 9.07. The number of methoxy groups -OCH3 is 1. The van der Waals surface area contributed by atoms with Gasteiger partial charge in [-0.1, -0.05) is 0 Å². The Morgan fingerprint density at radius 3 is 2.67 bits per heavy atom. The van der Waals surface area contributed by atoms with E-state index in [2.05, 4.69) is 4.72 Å². The number of anilines is 1. The second kappa shape index (κ2) is 6.59. The molecule has 1 aromatic carbocycles. The summed E-state index contributed by atoms with van der Waals surface area (Å²) in [5.41, 5.74) is 0.197. The summed E-state index contributed by atoms with van der Waals surface area (Å²) >= 11 is 0. The molecule has 0 aromatic heterocycles. The van der Waals surface area contributed by atoms with Gasteiger partial charge < -0.3 is 9.84 Å². The summed E-state index contributed by atoms with van der Waals surface area (Å²) in [6, 6.07) is 3.61. The number of ether oxygens (including phenoxy) is 1. The maximum atomic E-state index is 13.1. The highest BCUT2D eigenvalue weighted by atomic mass is 32.2. The van der Waals surface area contributed by atoms with Crippen LogP contribution in [0.25, 0.3) is 0 Å². The largest absolute Gasteiger partial charge is 0.494 e. The number of nitrogens with one attached hydrogen (secondary N) is 1. The minimum absolute atomic E-state index is 0.0765. The Morgan fingerprint density at radius 2 is 2.10 bits per heavy atom. The molecule has 1 aromatic rings. The zero-order valence-corrected chi connectivity index (χ0v) is 12.6. The first-order valence-electron chi connectivity index (χ1n) is 6.68. The van der Waals surface area contributed by atoms with E-state index in [0.717, 1.165) is 6.07 Å². The van der Waals surface area contributed by atoms with E-state index < -0.39 is 16.0 Å². The summed E-state index contributed by atoms with van der Waals surface area (Å²) < 4.78 is 46.4. The quantitative estimate of drug-likeness (QED) is 0.855. The van der Waals surface area contributed by atoms with Crippen molar-refractivity contribution < 1.29 is 22.7 Å². The minimum atomic E-state index is -3.71. The van der Waals surface area contributed by atoms with Crippen molar-refractivity contribution in [2.24, 2.45) is 5.92 Å². The lowest BCUT2D eigenvalue weighted by atomic mass is 10.00. The molecular weight excluding hydrogens is 299 g/mol. The third-order valence-electron chi connectivity index (χ3n) is 3.57. The van der Waals surface area contributed by atoms with Crippen LogP contribution in [0, 0.1) is 11.7 Å². The van der Waals surface area contributed by atoms with Crippen LogP contribution in [0.2, 0.25) is 0 Å². The van der Waals surface area contributed by atoms with Crippen molar-refractivity contribution in [3.8, 4) is 5.75 Å². The Bertz CT molecular complexity index is 586. The average Bonchev–Trinajstić information content (AvgIpc) is 2.49. The van der Waals surface area contributed by atoms with Crippen LogP contribution in [0.15, 0.2) is 18.2 Å². The van der Waals surface area contributed by atoms with Crippen LogP contribution in [-0.4, -0.2) is 44.6 Å². The zero-order valence-electron chi connectivity index (χ0n) is 11.8. The van der Waals surface area contributed by atoms with Crippen LogP contribution in [0.4, 0.5) is 10.1 Å². The number of hydrogen-bond donors (Lipinski definition) is 2. The molecule has 8 heteroatoms. The van der Waals surface area contributed by atoms with Crippen molar-refractivity contribution in [1.29, 1.82) is 0 Å². The Hall–Kier alpha value is -1.38. The molecule has 0 unspecified atom stereocenters. The van der Waals surface area contributed by atoms with E-state index in [1.807, 2.05) is 0 Å².